The molecule has 1 spiro atoms. The Morgan fingerprint density at radius 2 is 2.28 bits per heavy atom. The van der Waals surface area contributed by atoms with Gasteiger partial charge in [0.05, 0.1) is 24.2 Å². The van der Waals surface area contributed by atoms with E-state index in [9.17, 15) is 4.79 Å². The molecule has 2 N–H and O–H groups in total. The van der Waals surface area contributed by atoms with Gasteiger partial charge in [0.1, 0.15) is 0 Å². The number of anilines is 1. The van der Waals surface area contributed by atoms with Gasteiger partial charge in [-0.25, -0.2) is 9.48 Å². The minimum atomic E-state index is -0.141. The molecule has 2 amide bonds. The number of carbonyl (C=O) groups is 1. The molecule has 1 saturated heterocycles. The van der Waals surface area contributed by atoms with Crippen molar-refractivity contribution in [2.24, 2.45) is 11.3 Å². The molecule has 1 aromatic heterocycles. The second-order valence-electron chi connectivity index (χ2n) is 7.30. The lowest BCUT2D eigenvalue weighted by atomic mass is 9.46. The first-order valence-corrected chi connectivity index (χ1v) is 8.92. The molecular formula is C18H21N5O2. The summed E-state index contributed by atoms with van der Waals surface area (Å²) in [5, 5.41) is 14.0. The monoisotopic (exact) mass is 339 g/mol. The van der Waals surface area contributed by atoms with E-state index in [4.69, 9.17) is 4.74 Å². The smallest absolute Gasteiger partial charge is 0.319 e. The van der Waals surface area contributed by atoms with Gasteiger partial charge in [-0.3, -0.25) is 0 Å². The topological polar surface area (TPSA) is 81.1 Å². The van der Waals surface area contributed by atoms with Crippen LogP contribution in [0.5, 0.6) is 0 Å². The predicted octanol–water partition coefficient (Wildman–Crippen LogP) is 2.35. The van der Waals surface area contributed by atoms with Gasteiger partial charge in [-0.15, -0.1) is 5.10 Å². The molecule has 7 nitrogen and oxygen atoms in total. The van der Waals surface area contributed by atoms with Crippen LogP contribution in [0.25, 0.3) is 5.69 Å². The molecule has 5 rings (SSSR count). The summed E-state index contributed by atoms with van der Waals surface area (Å²) in [7, 11) is 0. The number of urea groups is 1. The van der Waals surface area contributed by atoms with Gasteiger partial charge < -0.3 is 15.4 Å². The molecule has 130 valence electrons. The number of ether oxygens (including phenoxy) is 1. The Hall–Kier alpha value is -2.41. The fraction of sp³-hybridized carbons (Fsp3) is 0.500. The van der Waals surface area contributed by atoms with Crippen molar-refractivity contribution in [1.82, 2.24) is 20.3 Å². The average Bonchev–Trinajstić information content (AvgIpc) is 3.22. The summed E-state index contributed by atoms with van der Waals surface area (Å²) in [6, 6.07) is 7.68. The molecule has 2 aliphatic carbocycles. The van der Waals surface area contributed by atoms with Crippen LogP contribution < -0.4 is 10.6 Å². The van der Waals surface area contributed by atoms with Crippen LogP contribution in [0, 0.1) is 11.3 Å². The van der Waals surface area contributed by atoms with Crippen LogP contribution in [-0.4, -0.2) is 39.8 Å². The molecule has 3 aliphatic rings. The first kappa shape index (κ1) is 14.9. The summed E-state index contributed by atoms with van der Waals surface area (Å²) in [6.07, 6.45) is 8.39. The van der Waals surface area contributed by atoms with E-state index in [-0.39, 0.29) is 17.5 Å². The van der Waals surface area contributed by atoms with Gasteiger partial charge in [-0.2, -0.15) is 0 Å². The summed E-state index contributed by atoms with van der Waals surface area (Å²) in [4.78, 5) is 12.5. The van der Waals surface area contributed by atoms with E-state index in [1.165, 1.54) is 19.3 Å². The standard InChI is InChI=1S/C18H21N5O2/c24-17(20-12-3-1-4-13(11-12)23-9-8-19-22-23)21-15-14-5-10-25-16(14)18(15)6-2-7-18/h1,3-4,8-9,11,14-16H,2,5-7,10H2,(H2,20,21,24)/t14-,15-,16+/m1/s1. The molecular weight excluding hydrogens is 318 g/mol. The highest BCUT2D eigenvalue weighted by Gasteiger charge is 2.66. The van der Waals surface area contributed by atoms with Crippen molar-refractivity contribution in [1.29, 1.82) is 0 Å². The second kappa shape index (κ2) is 5.56. The Labute approximate surface area is 145 Å². The number of carbonyl (C=O) groups excluding carboxylic acids is 1. The SMILES string of the molecule is O=C(Nc1cccc(-n2ccnn2)c1)N[C@@H]1[C@H]2CCO[C@@H]2C12CCC2. The van der Waals surface area contributed by atoms with Gasteiger partial charge >= 0.3 is 6.03 Å². The first-order chi connectivity index (χ1) is 12.3. The number of benzene rings is 1. The second-order valence-corrected chi connectivity index (χ2v) is 7.30. The Morgan fingerprint density at radius 1 is 1.36 bits per heavy atom. The van der Waals surface area contributed by atoms with Crippen LogP contribution in [-0.2, 0) is 4.74 Å². The lowest BCUT2D eigenvalue weighted by Gasteiger charge is -2.63. The van der Waals surface area contributed by atoms with E-state index in [0.29, 0.717) is 12.0 Å². The maximum Gasteiger partial charge on any atom is 0.319 e. The van der Waals surface area contributed by atoms with Gasteiger partial charge in [-0.05, 0) is 37.5 Å². The Bertz CT molecular complexity index is 787. The maximum absolute atomic E-state index is 12.5. The van der Waals surface area contributed by atoms with E-state index in [2.05, 4.69) is 20.9 Å². The number of nitrogens with one attached hydrogen (secondary N) is 2. The third-order valence-electron chi connectivity index (χ3n) is 6.11. The molecule has 1 aromatic carbocycles. The Balaban J connectivity index is 1.27. The van der Waals surface area contributed by atoms with Crippen LogP contribution in [0.2, 0.25) is 0 Å². The van der Waals surface area contributed by atoms with E-state index >= 15 is 0 Å². The molecule has 2 heterocycles. The molecule has 3 fully saturated rings. The number of hydrogen-bond acceptors (Lipinski definition) is 4. The summed E-state index contributed by atoms with van der Waals surface area (Å²) < 4.78 is 7.57. The highest BCUT2D eigenvalue weighted by molar-refractivity contribution is 5.90. The van der Waals surface area contributed by atoms with Crippen molar-refractivity contribution in [2.75, 3.05) is 11.9 Å². The number of amides is 2. The zero-order chi connectivity index (χ0) is 16.9. The van der Waals surface area contributed by atoms with Crippen molar-refractivity contribution >= 4 is 11.7 Å². The first-order valence-electron chi connectivity index (χ1n) is 8.92. The molecule has 7 heteroatoms. The van der Waals surface area contributed by atoms with E-state index < -0.39 is 0 Å². The minimum Gasteiger partial charge on any atom is -0.377 e. The molecule has 25 heavy (non-hydrogen) atoms. The normalized spacial score (nSPS) is 28.7. The molecule has 0 unspecified atom stereocenters. The van der Waals surface area contributed by atoms with Crippen LogP contribution in [0.15, 0.2) is 36.7 Å². The van der Waals surface area contributed by atoms with Crippen LogP contribution in [0.4, 0.5) is 10.5 Å². The van der Waals surface area contributed by atoms with Gasteiger partial charge in [-0.1, -0.05) is 17.7 Å². The fourth-order valence-corrected chi connectivity index (χ4v) is 4.84. The quantitative estimate of drug-likeness (QED) is 0.899. The van der Waals surface area contributed by atoms with Crippen LogP contribution >= 0.6 is 0 Å². The number of aromatic nitrogens is 3. The number of rotatable bonds is 3. The molecule has 1 aliphatic heterocycles. The highest BCUT2D eigenvalue weighted by Crippen LogP contribution is 2.62. The van der Waals surface area contributed by atoms with E-state index in [1.807, 2.05) is 24.3 Å². The van der Waals surface area contributed by atoms with Crippen molar-refractivity contribution in [3.05, 3.63) is 36.7 Å². The third-order valence-corrected chi connectivity index (χ3v) is 6.11. The maximum atomic E-state index is 12.5. The third kappa shape index (κ3) is 2.26. The molecule has 3 atom stereocenters. The van der Waals surface area contributed by atoms with Crippen molar-refractivity contribution in [3.63, 3.8) is 0 Å². The van der Waals surface area contributed by atoms with Crippen LogP contribution in [0.3, 0.4) is 0 Å². The van der Waals surface area contributed by atoms with Gasteiger partial charge in [0, 0.05) is 29.7 Å². The number of nitrogens with zero attached hydrogens (tertiary/aromatic N) is 3. The van der Waals surface area contributed by atoms with Crippen molar-refractivity contribution in [3.8, 4) is 5.69 Å². The van der Waals surface area contributed by atoms with Crippen LogP contribution in [0.1, 0.15) is 25.7 Å². The molecule has 0 bridgehead atoms. The summed E-state index contributed by atoms with van der Waals surface area (Å²) in [5.74, 6) is 0.479. The molecule has 0 radical (unpaired) electrons. The molecule has 2 aromatic rings. The largest absolute Gasteiger partial charge is 0.377 e. The Morgan fingerprint density at radius 3 is 3.04 bits per heavy atom. The summed E-state index contributed by atoms with van der Waals surface area (Å²) in [6.45, 7) is 0.830. The van der Waals surface area contributed by atoms with E-state index in [0.717, 1.165) is 24.4 Å². The average molecular weight is 339 g/mol. The lowest BCUT2D eigenvalue weighted by molar-refractivity contribution is -0.171. The lowest BCUT2D eigenvalue weighted by Crippen LogP contribution is -2.72. The molecule has 2 saturated carbocycles. The number of fused-ring (bicyclic) bond motifs is 2. The summed E-state index contributed by atoms with van der Waals surface area (Å²) >= 11 is 0. The van der Waals surface area contributed by atoms with Gasteiger partial charge in [0.15, 0.2) is 0 Å². The van der Waals surface area contributed by atoms with E-state index in [1.54, 1.807) is 17.1 Å². The van der Waals surface area contributed by atoms with Gasteiger partial charge in [0.25, 0.3) is 0 Å². The van der Waals surface area contributed by atoms with Gasteiger partial charge in [0.2, 0.25) is 0 Å². The zero-order valence-corrected chi connectivity index (χ0v) is 13.9. The Kier molecular flexibility index (Phi) is 3.31. The van der Waals surface area contributed by atoms with Crippen molar-refractivity contribution in [2.45, 2.75) is 37.8 Å². The minimum absolute atomic E-state index is 0.141. The van der Waals surface area contributed by atoms with Crippen molar-refractivity contribution < 1.29 is 9.53 Å². The summed E-state index contributed by atoms with van der Waals surface area (Å²) in [5.41, 5.74) is 1.80. The highest BCUT2D eigenvalue weighted by atomic mass is 16.5. The fourth-order valence-electron chi connectivity index (χ4n) is 4.84. The number of hydrogen-bond donors (Lipinski definition) is 2. The predicted molar refractivity (Wildman–Crippen MR) is 91.4 cm³/mol. The zero-order valence-electron chi connectivity index (χ0n) is 13.9.